The first-order valence-electron chi connectivity index (χ1n) is 13.5. The van der Waals surface area contributed by atoms with Crippen LogP contribution in [0.15, 0.2) is 96.2 Å². The Morgan fingerprint density at radius 2 is 1.56 bits per heavy atom. The average Bonchev–Trinajstić information content (AvgIpc) is 2.97. The number of carbonyl (C=O) groups excluding carboxylic acids is 1. The van der Waals surface area contributed by atoms with Gasteiger partial charge in [0.2, 0.25) is 0 Å². The van der Waals surface area contributed by atoms with Crippen molar-refractivity contribution in [2.24, 2.45) is 0 Å². The summed E-state index contributed by atoms with van der Waals surface area (Å²) in [6, 6.07) is 30.4. The number of benzene rings is 3. The van der Waals surface area contributed by atoms with Crippen molar-refractivity contribution < 1.29 is 4.79 Å². The molecule has 0 atom stereocenters. The maximum Gasteiger partial charge on any atom is 0.251 e. The van der Waals surface area contributed by atoms with Crippen molar-refractivity contribution in [2.45, 2.75) is 50.1 Å². The monoisotopic (exact) mass is 558 g/mol. The summed E-state index contributed by atoms with van der Waals surface area (Å²) in [6.07, 6.45) is 4.17. The SMILES string of the molecule is CCCCCNC(=O)c1ccc(CSc2nc(Cl)cc(N(CCc3ccccc3)Cc3ccccc3)n2)cc1. The van der Waals surface area contributed by atoms with Gasteiger partial charge in [0.25, 0.3) is 5.91 Å². The van der Waals surface area contributed by atoms with Gasteiger partial charge < -0.3 is 10.2 Å². The molecule has 0 bridgehead atoms. The minimum Gasteiger partial charge on any atom is -0.352 e. The van der Waals surface area contributed by atoms with Crippen LogP contribution in [-0.4, -0.2) is 29.0 Å². The van der Waals surface area contributed by atoms with Gasteiger partial charge in [0.05, 0.1) is 0 Å². The molecule has 202 valence electrons. The smallest absolute Gasteiger partial charge is 0.251 e. The molecule has 1 N–H and O–H groups in total. The summed E-state index contributed by atoms with van der Waals surface area (Å²) < 4.78 is 0. The van der Waals surface area contributed by atoms with E-state index in [4.69, 9.17) is 16.6 Å². The molecular formula is C32H35ClN4OS. The largest absolute Gasteiger partial charge is 0.352 e. The molecule has 0 aliphatic carbocycles. The molecular weight excluding hydrogens is 524 g/mol. The molecule has 1 amide bonds. The van der Waals surface area contributed by atoms with E-state index < -0.39 is 0 Å². The number of nitrogens with one attached hydrogen (secondary N) is 1. The van der Waals surface area contributed by atoms with Gasteiger partial charge in [0, 0.05) is 37.0 Å². The second-order valence-corrected chi connectivity index (χ2v) is 10.8. The van der Waals surface area contributed by atoms with Gasteiger partial charge in [-0.2, -0.15) is 0 Å². The number of amides is 1. The third-order valence-corrected chi connectivity index (χ3v) is 7.48. The van der Waals surface area contributed by atoms with Gasteiger partial charge in [-0.15, -0.1) is 0 Å². The zero-order valence-corrected chi connectivity index (χ0v) is 23.9. The Labute approximate surface area is 241 Å². The number of aromatic nitrogens is 2. The standard InChI is InChI=1S/C32H35ClN4OS/c1-2-3-10-20-34-31(38)28-17-15-27(16-18-28)24-39-32-35-29(33)22-30(36-32)37(23-26-13-8-5-9-14-26)21-19-25-11-6-4-7-12-25/h4-9,11-18,22H,2-3,10,19-21,23-24H2,1H3,(H,34,38). The third kappa shape index (κ3) is 9.41. The highest BCUT2D eigenvalue weighted by Gasteiger charge is 2.14. The molecule has 7 heteroatoms. The number of hydrogen-bond donors (Lipinski definition) is 1. The normalized spacial score (nSPS) is 10.8. The predicted molar refractivity (Wildman–Crippen MR) is 163 cm³/mol. The van der Waals surface area contributed by atoms with Crippen LogP contribution < -0.4 is 10.2 Å². The lowest BCUT2D eigenvalue weighted by atomic mass is 10.1. The van der Waals surface area contributed by atoms with Gasteiger partial charge in [-0.1, -0.05) is 116 Å². The molecule has 3 aromatic carbocycles. The topological polar surface area (TPSA) is 58.1 Å². The van der Waals surface area contributed by atoms with Crippen molar-refractivity contribution in [3.63, 3.8) is 0 Å². The van der Waals surface area contributed by atoms with Crippen molar-refractivity contribution >= 4 is 35.1 Å². The van der Waals surface area contributed by atoms with Gasteiger partial charge in [-0.3, -0.25) is 4.79 Å². The molecule has 0 saturated carbocycles. The fraction of sp³-hybridized carbons (Fsp3) is 0.281. The van der Waals surface area contributed by atoms with Crippen LogP contribution in [0.2, 0.25) is 5.15 Å². The molecule has 5 nitrogen and oxygen atoms in total. The second-order valence-electron chi connectivity index (χ2n) is 9.42. The fourth-order valence-electron chi connectivity index (χ4n) is 4.18. The van der Waals surface area contributed by atoms with Gasteiger partial charge >= 0.3 is 0 Å². The van der Waals surface area contributed by atoms with E-state index in [-0.39, 0.29) is 5.91 Å². The van der Waals surface area contributed by atoms with Crippen LogP contribution >= 0.6 is 23.4 Å². The number of nitrogens with zero attached hydrogens (tertiary/aromatic N) is 3. The minimum absolute atomic E-state index is 0.0258. The molecule has 0 saturated heterocycles. The summed E-state index contributed by atoms with van der Waals surface area (Å²) in [5.74, 6) is 1.47. The van der Waals surface area contributed by atoms with Crippen molar-refractivity contribution in [2.75, 3.05) is 18.0 Å². The minimum atomic E-state index is -0.0258. The summed E-state index contributed by atoms with van der Waals surface area (Å²) in [6.45, 7) is 4.40. The average molecular weight is 559 g/mol. The molecule has 39 heavy (non-hydrogen) atoms. The first kappa shape index (κ1) is 28.7. The number of rotatable bonds is 14. The quantitative estimate of drug-likeness (QED) is 0.0747. The predicted octanol–water partition coefficient (Wildman–Crippen LogP) is 7.59. The first-order valence-corrected chi connectivity index (χ1v) is 14.8. The third-order valence-electron chi connectivity index (χ3n) is 6.36. The second kappa shape index (κ2) is 15.3. The summed E-state index contributed by atoms with van der Waals surface area (Å²) in [5.41, 5.74) is 4.27. The van der Waals surface area contributed by atoms with E-state index in [1.54, 1.807) is 0 Å². The van der Waals surface area contributed by atoms with E-state index in [2.05, 4.69) is 70.7 Å². The van der Waals surface area contributed by atoms with Crippen LogP contribution in [0.4, 0.5) is 5.82 Å². The number of unbranched alkanes of at least 4 members (excludes halogenated alkanes) is 2. The number of hydrogen-bond acceptors (Lipinski definition) is 5. The van der Waals surface area contributed by atoms with Crippen LogP contribution in [0.3, 0.4) is 0 Å². The Bertz CT molecular complexity index is 1300. The van der Waals surface area contributed by atoms with Crippen LogP contribution in [0.25, 0.3) is 0 Å². The molecule has 0 spiro atoms. The van der Waals surface area contributed by atoms with E-state index in [0.29, 0.717) is 28.2 Å². The Morgan fingerprint density at radius 3 is 2.26 bits per heavy atom. The van der Waals surface area contributed by atoms with Crippen molar-refractivity contribution in [3.05, 3.63) is 118 Å². The van der Waals surface area contributed by atoms with Crippen LogP contribution in [0.5, 0.6) is 0 Å². The summed E-state index contributed by atoms with van der Waals surface area (Å²) in [4.78, 5) is 24.0. The summed E-state index contributed by atoms with van der Waals surface area (Å²) >= 11 is 8.02. The Kier molecular flexibility index (Phi) is 11.2. The Hall–Kier alpha value is -3.35. The van der Waals surface area contributed by atoms with Crippen LogP contribution in [0, 0.1) is 0 Å². The van der Waals surface area contributed by atoms with E-state index in [1.807, 2.05) is 42.5 Å². The first-order chi connectivity index (χ1) is 19.1. The highest BCUT2D eigenvalue weighted by Crippen LogP contribution is 2.26. The lowest BCUT2D eigenvalue weighted by Gasteiger charge is -2.24. The molecule has 1 aromatic heterocycles. The van der Waals surface area contributed by atoms with Crippen LogP contribution in [0.1, 0.15) is 53.2 Å². The van der Waals surface area contributed by atoms with Gasteiger partial charge in [0.1, 0.15) is 11.0 Å². The zero-order chi connectivity index (χ0) is 27.3. The van der Waals surface area contributed by atoms with Crippen molar-refractivity contribution in [3.8, 4) is 0 Å². The molecule has 0 fully saturated rings. The molecule has 0 unspecified atom stereocenters. The fourth-order valence-corrected chi connectivity index (χ4v) is 5.22. The van der Waals surface area contributed by atoms with Gasteiger partial charge in [-0.05, 0) is 41.7 Å². The Morgan fingerprint density at radius 1 is 0.872 bits per heavy atom. The molecule has 0 aliphatic rings. The van der Waals surface area contributed by atoms with Crippen molar-refractivity contribution in [1.82, 2.24) is 15.3 Å². The lowest BCUT2D eigenvalue weighted by molar-refractivity contribution is 0.0953. The molecule has 0 aliphatic heterocycles. The summed E-state index contributed by atoms with van der Waals surface area (Å²) in [5, 5.41) is 4.05. The number of anilines is 1. The highest BCUT2D eigenvalue weighted by molar-refractivity contribution is 7.98. The highest BCUT2D eigenvalue weighted by atomic mass is 35.5. The van der Waals surface area contributed by atoms with Crippen LogP contribution in [-0.2, 0) is 18.7 Å². The molecule has 4 aromatic rings. The lowest BCUT2D eigenvalue weighted by Crippen LogP contribution is -2.26. The van der Waals surface area contributed by atoms with Gasteiger partial charge in [0.15, 0.2) is 5.16 Å². The maximum atomic E-state index is 12.4. The zero-order valence-electron chi connectivity index (χ0n) is 22.4. The van der Waals surface area contributed by atoms with E-state index >= 15 is 0 Å². The van der Waals surface area contributed by atoms with E-state index in [9.17, 15) is 4.79 Å². The van der Waals surface area contributed by atoms with Crippen molar-refractivity contribution in [1.29, 1.82) is 0 Å². The summed E-state index contributed by atoms with van der Waals surface area (Å²) in [7, 11) is 0. The van der Waals surface area contributed by atoms with E-state index in [0.717, 1.165) is 50.2 Å². The maximum absolute atomic E-state index is 12.4. The number of carbonyl (C=O) groups is 1. The Balaban J connectivity index is 1.42. The number of thioether (sulfide) groups is 1. The molecule has 0 radical (unpaired) electrons. The van der Waals surface area contributed by atoms with E-state index in [1.165, 1.54) is 22.9 Å². The molecule has 4 rings (SSSR count). The molecule has 1 heterocycles. The van der Waals surface area contributed by atoms with Gasteiger partial charge in [-0.25, -0.2) is 9.97 Å². The number of halogens is 1.